The van der Waals surface area contributed by atoms with Crippen molar-refractivity contribution in [3.8, 4) is 11.5 Å². The van der Waals surface area contributed by atoms with E-state index >= 15 is 0 Å². The van der Waals surface area contributed by atoms with Crippen LogP contribution in [0.3, 0.4) is 0 Å². The molecular weight excluding hydrogens is 256 g/mol. The van der Waals surface area contributed by atoms with Crippen molar-refractivity contribution < 1.29 is 19.7 Å². The van der Waals surface area contributed by atoms with Gasteiger partial charge in [0.05, 0.1) is 25.9 Å². The summed E-state index contributed by atoms with van der Waals surface area (Å²) in [5, 5.41) is 20.8. The van der Waals surface area contributed by atoms with Gasteiger partial charge in [-0.25, -0.2) is 0 Å². The number of benzene rings is 1. The van der Waals surface area contributed by atoms with Gasteiger partial charge in [0.2, 0.25) is 0 Å². The molecule has 0 saturated heterocycles. The summed E-state index contributed by atoms with van der Waals surface area (Å²) in [6.45, 7) is 0. The smallest absolute Gasteiger partial charge is 0.161 e. The Balaban J connectivity index is 1.72. The van der Waals surface area contributed by atoms with Gasteiger partial charge in [-0.3, -0.25) is 0 Å². The van der Waals surface area contributed by atoms with Crippen LogP contribution in [0.4, 0.5) is 0 Å². The Bertz CT molecular complexity index is 493. The van der Waals surface area contributed by atoms with E-state index in [0.717, 1.165) is 24.8 Å². The van der Waals surface area contributed by atoms with E-state index in [2.05, 4.69) is 0 Å². The van der Waals surface area contributed by atoms with Crippen molar-refractivity contribution >= 4 is 0 Å². The molecule has 2 unspecified atom stereocenters. The Kier molecular flexibility index (Phi) is 3.38. The van der Waals surface area contributed by atoms with Crippen molar-refractivity contribution in [2.75, 3.05) is 14.2 Å². The number of hydrogen-bond donors (Lipinski definition) is 2. The molecule has 4 nitrogen and oxygen atoms in total. The van der Waals surface area contributed by atoms with Gasteiger partial charge in [-0.1, -0.05) is 6.07 Å². The molecule has 3 aliphatic rings. The van der Waals surface area contributed by atoms with Crippen LogP contribution in [0.15, 0.2) is 18.2 Å². The number of aliphatic hydroxyl groups is 2. The fourth-order valence-corrected chi connectivity index (χ4v) is 3.84. The van der Waals surface area contributed by atoms with Gasteiger partial charge >= 0.3 is 0 Å². The lowest BCUT2D eigenvalue weighted by Crippen LogP contribution is -2.39. The largest absolute Gasteiger partial charge is 0.493 e. The summed E-state index contributed by atoms with van der Waals surface area (Å²) in [7, 11) is 3.18. The number of aliphatic hydroxyl groups excluding tert-OH is 1. The summed E-state index contributed by atoms with van der Waals surface area (Å²) in [4.78, 5) is 0. The molecule has 2 atom stereocenters. The first kappa shape index (κ1) is 13.7. The van der Waals surface area contributed by atoms with Crippen LogP contribution in [0.2, 0.25) is 0 Å². The lowest BCUT2D eigenvalue weighted by molar-refractivity contribution is -0.0594. The van der Waals surface area contributed by atoms with Crippen LogP contribution in [-0.4, -0.2) is 30.0 Å². The van der Waals surface area contributed by atoms with Gasteiger partial charge < -0.3 is 19.7 Å². The Morgan fingerprint density at radius 3 is 2.50 bits per heavy atom. The summed E-state index contributed by atoms with van der Waals surface area (Å²) >= 11 is 0. The summed E-state index contributed by atoms with van der Waals surface area (Å²) in [6, 6.07) is 5.48. The van der Waals surface area contributed by atoms with E-state index in [1.807, 2.05) is 12.1 Å². The first-order valence-electron chi connectivity index (χ1n) is 7.18. The molecule has 3 fully saturated rings. The summed E-state index contributed by atoms with van der Waals surface area (Å²) in [6.07, 6.45) is 2.92. The van der Waals surface area contributed by atoms with E-state index in [1.165, 1.54) is 0 Å². The summed E-state index contributed by atoms with van der Waals surface area (Å²) in [5.74, 6) is 2.17. The molecular formula is C16H22O4. The maximum absolute atomic E-state index is 10.4. The van der Waals surface area contributed by atoms with Crippen molar-refractivity contribution in [2.45, 2.75) is 37.4 Å². The van der Waals surface area contributed by atoms with Crippen molar-refractivity contribution in [1.82, 2.24) is 0 Å². The van der Waals surface area contributed by atoms with Crippen LogP contribution in [0, 0.1) is 11.8 Å². The van der Waals surface area contributed by atoms with E-state index in [0.29, 0.717) is 23.8 Å². The van der Waals surface area contributed by atoms with Crippen molar-refractivity contribution in [2.24, 2.45) is 11.8 Å². The van der Waals surface area contributed by atoms with Crippen LogP contribution < -0.4 is 9.47 Å². The molecule has 2 N–H and O–H groups in total. The van der Waals surface area contributed by atoms with Gasteiger partial charge in [-0.05, 0) is 55.2 Å². The van der Waals surface area contributed by atoms with Crippen LogP contribution in [0.25, 0.3) is 0 Å². The standard InChI is InChI=1S/C16H22O4/c1-19-14-4-3-11(6-15(14)20-2)13(17)7-12-5-10-8-16(12,18)9-10/h3-4,6,10,12-13,17-18H,5,7-9H2,1-2H3. The molecule has 110 valence electrons. The summed E-state index contributed by atoms with van der Waals surface area (Å²) in [5.41, 5.74) is 0.303. The number of methoxy groups -OCH3 is 2. The first-order valence-corrected chi connectivity index (χ1v) is 7.18. The van der Waals surface area contributed by atoms with Gasteiger partial charge in [-0.2, -0.15) is 0 Å². The highest BCUT2D eigenvalue weighted by molar-refractivity contribution is 5.43. The van der Waals surface area contributed by atoms with Crippen LogP contribution >= 0.6 is 0 Å². The quantitative estimate of drug-likeness (QED) is 0.867. The second-order valence-corrected chi connectivity index (χ2v) is 6.18. The average molecular weight is 278 g/mol. The Morgan fingerprint density at radius 1 is 1.25 bits per heavy atom. The minimum atomic E-state index is -0.566. The topological polar surface area (TPSA) is 58.9 Å². The lowest BCUT2D eigenvalue weighted by Gasteiger charge is -2.36. The molecule has 0 aliphatic heterocycles. The third-order valence-electron chi connectivity index (χ3n) is 4.96. The zero-order valence-corrected chi connectivity index (χ0v) is 12.0. The lowest BCUT2D eigenvalue weighted by atomic mass is 9.76. The van der Waals surface area contributed by atoms with Crippen LogP contribution in [0.5, 0.6) is 11.5 Å². The van der Waals surface area contributed by atoms with Crippen LogP contribution in [-0.2, 0) is 0 Å². The molecule has 20 heavy (non-hydrogen) atoms. The minimum Gasteiger partial charge on any atom is -0.493 e. The molecule has 0 radical (unpaired) electrons. The number of hydrogen-bond acceptors (Lipinski definition) is 4. The SMILES string of the molecule is COc1ccc(C(O)CC2CC3CC2(O)C3)cc1OC. The fraction of sp³-hybridized carbons (Fsp3) is 0.625. The monoisotopic (exact) mass is 278 g/mol. The highest BCUT2D eigenvalue weighted by Crippen LogP contribution is 2.57. The third kappa shape index (κ3) is 2.17. The van der Waals surface area contributed by atoms with E-state index in [1.54, 1.807) is 20.3 Å². The normalized spacial score (nSPS) is 32.6. The zero-order chi connectivity index (χ0) is 14.3. The van der Waals surface area contributed by atoms with Gasteiger partial charge in [-0.15, -0.1) is 0 Å². The molecule has 3 saturated carbocycles. The van der Waals surface area contributed by atoms with Gasteiger partial charge in [0.25, 0.3) is 0 Å². The second kappa shape index (κ2) is 4.93. The Morgan fingerprint density at radius 2 is 1.95 bits per heavy atom. The maximum Gasteiger partial charge on any atom is 0.161 e. The van der Waals surface area contributed by atoms with Gasteiger partial charge in [0.1, 0.15) is 0 Å². The highest BCUT2D eigenvalue weighted by atomic mass is 16.5. The number of rotatable bonds is 5. The highest BCUT2D eigenvalue weighted by Gasteiger charge is 2.56. The average Bonchev–Trinajstić information content (AvgIpc) is 2.89. The van der Waals surface area contributed by atoms with Gasteiger partial charge in [0.15, 0.2) is 11.5 Å². The molecule has 0 amide bonds. The Labute approximate surface area is 119 Å². The minimum absolute atomic E-state index is 0.218. The molecule has 4 heteroatoms. The maximum atomic E-state index is 10.4. The van der Waals surface area contributed by atoms with Gasteiger partial charge in [0, 0.05) is 0 Å². The first-order chi connectivity index (χ1) is 9.55. The van der Waals surface area contributed by atoms with E-state index in [4.69, 9.17) is 9.47 Å². The number of ether oxygens (including phenoxy) is 2. The zero-order valence-electron chi connectivity index (χ0n) is 12.0. The fourth-order valence-electron chi connectivity index (χ4n) is 3.84. The number of fused-ring (bicyclic) bond motifs is 1. The molecule has 0 heterocycles. The van der Waals surface area contributed by atoms with Crippen molar-refractivity contribution in [1.29, 1.82) is 0 Å². The molecule has 1 aromatic carbocycles. The van der Waals surface area contributed by atoms with Crippen LogP contribution in [0.1, 0.15) is 37.4 Å². The molecule has 0 spiro atoms. The molecule has 3 aliphatic carbocycles. The Hall–Kier alpha value is -1.26. The molecule has 0 aromatic heterocycles. The predicted octanol–water partition coefficient (Wildman–Crippen LogP) is 2.29. The van der Waals surface area contributed by atoms with Crippen molar-refractivity contribution in [3.63, 3.8) is 0 Å². The third-order valence-corrected chi connectivity index (χ3v) is 4.96. The van der Waals surface area contributed by atoms with E-state index < -0.39 is 11.7 Å². The van der Waals surface area contributed by atoms with E-state index in [9.17, 15) is 10.2 Å². The molecule has 1 aromatic rings. The molecule has 2 bridgehead atoms. The predicted molar refractivity (Wildman–Crippen MR) is 74.9 cm³/mol. The summed E-state index contributed by atoms with van der Waals surface area (Å²) < 4.78 is 10.5. The molecule has 4 rings (SSSR count). The second-order valence-electron chi connectivity index (χ2n) is 6.18. The van der Waals surface area contributed by atoms with E-state index in [-0.39, 0.29) is 5.92 Å². The van der Waals surface area contributed by atoms with Crippen molar-refractivity contribution in [3.05, 3.63) is 23.8 Å².